The number of rotatable bonds is 5. The standard InChI is InChI=1S/C23H26N6O2/c1-31-22-11-19-14-28(23(30)9-16-3-2-6-25-12-16)13-18(19)10-21(22)29-15-20(26-27-29)17-4-7-24-8-5-17/h2-8,12,15,18-19,21-22H,9-11,13-14H2,1H3/t18-,19+,21-,22-/m1/s1. The molecule has 1 saturated heterocycles. The van der Waals surface area contributed by atoms with Gasteiger partial charge in [0.25, 0.3) is 0 Å². The second kappa shape index (κ2) is 8.55. The molecule has 1 aliphatic heterocycles. The number of likely N-dealkylation sites (tertiary alicyclic amines) is 1. The van der Waals surface area contributed by atoms with Crippen molar-refractivity contribution in [2.45, 2.75) is 31.4 Å². The first-order valence-electron chi connectivity index (χ1n) is 10.7. The SMILES string of the molecule is CO[C@@H]1C[C@H]2CN(C(=O)Cc3cccnc3)C[C@H]2C[C@H]1n1cc(-c2ccncc2)nn1. The number of carbonyl (C=O) groups excluding carboxylic acids is 1. The van der Waals surface area contributed by atoms with Gasteiger partial charge in [-0.1, -0.05) is 11.3 Å². The van der Waals surface area contributed by atoms with Crippen LogP contribution in [0.15, 0.2) is 55.2 Å². The van der Waals surface area contributed by atoms with Crippen LogP contribution in [-0.4, -0.2) is 62.1 Å². The third-order valence-corrected chi connectivity index (χ3v) is 6.64. The van der Waals surface area contributed by atoms with Crippen molar-refractivity contribution < 1.29 is 9.53 Å². The monoisotopic (exact) mass is 418 g/mol. The van der Waals surface area contributed by atoms with E-state index in [0.717, 1.165) is 42.8 Å². The fraction of sp³-hybridized carbons (Fsp3) is 0.435. The molecule has 1 amide bonds. The Morgan fingerprint density at radius 3 is 2.65 bits per heavy atom. The zero-order chi connectivity index (χ0) is 21.2. The molecule has 3 aromatic rings. The maximum atomic E-state index is 12.9. The van der Waals surface area contributed by atoms with E-state index in [-0.39, 0.29) is 18.1 Å². The summed E-state index contributed by atoms with van der Waals surface area (Å²) in [5, 5.41) is 8.78. The average Bonchev–Trinajstić information content (AvgIpc) is 3.46. The van der Waals surface area contributed by atoms with Crippen molar-refractivity contribution in [1.82, 2.24) is 29.9 Å². The first-order valence-corrected chi connectivity index (χ1v) is 10.7. The van der Waals surface area contributed by atoms with E-state index >= 15 is 0 Å². The fourth-order valence-corrected chi connectivity index (χ4v) is 5.01. The summed E-state index contributed by atoms with van der Waals surface area (Å²) < 4.78 is 7.81. The summed E-state index contributed by atoms with van der Waals surface area (Å²) in [6.07, 6.45) is 11.3. The van der Waals surface area contributed by atoms with E-state index in [2.05, 4.69) is 20.3 Å². The summed E-state index contributed by atoms with van der Waals surface area (Å²) in [7, 11) is 1.76. The Morgan fingerprint density at radius 2 is 1.90 bits per heavy atom. The number of carbonyl (C=O) groups is 1. The van der Waals surface area contributed by atoms with Gasteiger partial charge in [-0.15, -0.1) is 5.10 Å². The molecule has 8 nitrogen and oxygen atoms in total. The molecule has 160 valence electrons. The second-order valence-corrected chi connectivity index (χ2v) is 8.49. The van der Waals surface area contributed by atoms with Gasteiger partial charge in [0, 0.05) is 50.6 Å². The van der Waals surface area contributed by atoms with Gasteiger partial charge in [-0.25, -0.2) is 4.68 Å². The molecule has 0 unspecified atom stereocenters. The number of fused-ring (bicyclic) bond motifs is 1. The predicted octanol–water partition coefficient (Wildman–Crippen LogP) is 2.40. The van der Waals surface area contributed by atoms with Crippen LogP contribution in [0.2, 0.25) is 0 Å². The number of amides is 1. The van der Waals surface area contributed by atoms with Crippen LogP contribution in [0.3, 0.4) is 0 Å². The van der Waals surface area contributed by atoms with Gasteiger partial charge in [0.05, 0.1) is 24.8 Å². The molecule has 4 heterocycles. The Morgan fingerprint density at radius 1 is 1.10 bits per heavy atom. The summed E-state index contributed by atoms with van der Waals surface area (Å²) in [5.74, 6) is 1.08. The van der Waals surface area contributed by atoms with Gasteiger partial charge in [-0.3, -0.25) is 14.8 Å². The molecule has 0 bridgehead atoms. The average molecular weight is 419 g/mol. The van der Waals surface area contributed by atoms with E-state index in [1.807, 2.05) is 40.0 Å². The number of pyridine rings is 2. The van der Waals surface area contributed by atoms with Gasteiger partial charge in [-0.05, 0) is 48.4 Å². The number of hydrogen-bond acceptors (Lipinski definition) is 6. The van der Waals surface area contributed by atoms with Crippen molar-refractivity contribution in [2.24, 2.45) is 11.8 Å². The lowest BCUT2D eigenvalue weighted by Gasteiger charge is -2.36. The smallest absolute Gasteiger partial charge is 0.227 e. The Hall–Kier alpha value is -3.13. The van der Waals surface area contributed by atoms with Crippen LogP contribution in [0.1, 0.15) is 24.4 Å². The lowest BCUT2D eigenvalue weighted by atomic mass is 9.77. The molecule has 0 N–H and O–H groups in total. The normalized spacial score (nSPS) is 25.4. The van der Waals surface area contributed by atoms with Crippen LogP contribution < -0.4 is 0 Å². The van der Waals surface area contributed by atoms with Crippen LogP contribution in [0.4, 0.5) is 0 Å². The molecule has 1 saturated carbocycles. The highest BCUT2D eigenvalue weighted by atomic mass is 16.5. The van der Waals surface area contributed by atoms with Crippen molar-refractivity contribution in [1.29, 1.82) is 0 Å². The third kappa shape index (κ3) is 4.07. The zero-order valence-electron chi connectivity index (χ0n) is 17.5. The van der Waals surface area contributed by atoms with E-state index in [0.29, 0.717) is 18.3 Å². The van der Waals surface area contributed by atoms with Gasteiger partial charge in [0.15, 0.2) is 0 Å². The molecule has 2 fully saturated rings. The maximum absolute atomic E-state index is 12.9. The lowest BCUT2D eigenvalue weighted by Crippen LogP contribution is -2.37. The van der Waals surface area contributed by atoms with Crippen LogP contribution in [0.5, 0.6) is 0 Å². The number of aromatic nitrogens is 5. The Kier molecular flexibility index (Phi) is 5.46. The number of nitrogens with zero attached hydrogens (tertiary/aromatic N) is 6. The quantitative estimate of drug-likeness (QED) is 0.633. The topological polar surface area (TPSA) is 86.0 Å². The molecule has 0 radical (unpaired) electrons. The molecule has 2 aliphatic rings. The predicted molar refractivity (Wildman–Crippen MR) is 114 cm³/mol. The number of hydrogen-bond donors (Lipinski definition) is 0. The second-order valence-electron chi connectivity index (χ2n) is 8.49. The summed E-state index contributed by atoms with van der Waals surface area (Å²) in [4.78, 5) is 23.1. The number of methoxy groups -OCH3 is 1. The molecule has 0 aromatic carbocycles. The van der Waals surface area contributed by atoms with Gasteiger partial charge >= 0.3 is 0 Å². The van der Waals surface area contributed by atoms with E-state index < -0.39 is 0 Å². The first kappa shape index (κ1) is 19.8. The lowest BCUT2D eigenvalue weighted by molar-refractivity contribution is -0.129. The van der Waals surface area contributed by atoms with Crippen LogP contribution in [0, 0.1) is 11.8 Å². The minimum Gasteiger partial charge on any atom is -0.379 e. The molecular formula is C23H26N6O2. The van der Waals surface area contributed by atoms with Crippen molar-refractivity contribution in [3.63, 3.8) is 0 Å². The van der Waals surface area contributed by atoms with Crippen LogP contribution in [-0.2, 0) is 16.0 Å². The molecule has 1 aliphatic carbocycles. The van der Waals surface area contributed by atoms with Crippen molar-refractivity contribution >= 4 is 5.91 Å². The van der Waals surface area contributed by atoms with E-state index in [1.54, 1.807) is 31.9 Å². The van der Waals surface area contributed by atoms with E-state index in [9.17, 15) is 4.79 Å². The highest BCUT2D eigenvalue weighted by molar-refractivity contribution is 5.79. The molecule has 31 heavy (non-hydrogen) atoms. The molecule has 4 atom stereocenters. The molecular weight excluding hydrogens is 392 g/mol. The van der Waals surface area contributed by atoms with Crippen molar-refractivity contribution in [2.75, 3.05) is 20.2 Å². The van der Waals surface area contributed by atoms with Gasteiger partial charge in [0.1, 0.15) is 5.69 Å². The summed E-state index contributed by atoms with van der Waals surface area (Å²) in [6.45, 7) is 1.60. The minimum absolute atomic E-state index is 0.0571. The molecule has 0 spiro atoms. The molecule has 3 aromatic heterocycles. The molecule has 5 rings (SSSR count). The largest absolute Gasteiger partial charge is 0.379 e. The Bertz CT molecular complexity index is 1020. The Balaban J connectivity index is 1.29. The molecule has 8 heteroatoms. The van der Waals surface area contributed by atoms with Crippen molar-refractivity contribution in [3.8, 4) is 11.3 Å². The highest BCUT2D eigenvalue weighted by Gasteiger charge is 2.44. The van der Waals surface area contributed by atoms with Gasteiger partial charge < -0.3 is 9.64 Å². The summed E-state index contributed by atoms with van der Waals surface area (Å²) in [5.41, 5.74) is 2.79. The van der Waals surface area contributed by atoms with E-state index in [4.69, 9.17) is 4.74 Å². The fourth-order valence-electron chi connectivity index (χ4n) is 5.01. The van der Waals surface area contributed by atoms with Crippen molar-refractivity contribution in [3.05, 3.63) is 60.8 Å². The van der Waals surface area contributed by atoms with Crippen LogP contribution >= 0.6 is 0 Å². The van der Waals surface area contributed by atoms with Crippen LogP contribution in [0.25, 0.3) is 11.3 Å². The van der Waals surface area contributed by atoms with Gasteiger partial charge in [0.2, 0.25) is 5.91 Å². The zero-order valence-corrected chi connectivity index (χ0v) is 17.5. The third-order valence-electron chi connectivity index (χ3n) is 6.64. The first-order chi connectivity index (χ1) is 15.2. The summed E-state index contributed by atoms with van der Waals surface area (Å²) >= 11 is 0. The summed E-state index contributed by atoms with van der Waals surface area (Å²) in [6, 6.07) is 7.81. The Labute approximate surface area is 181 Å². The highest BCUT2D eigenvalue weighted by Crippen LogP contribution is 2.42. The van der Waals surface area contributed by atoms with E-state index in [1.165, 1.54) is 0 Å². The number of ether oxygens (including phenoxy) is 1. The minimum atomic E-state index is 0.0571. The maximum Gasteiger partial charge on any atom is 0.227 e. The van der Waals surface area contributed by atoms with Gasteiger partial charge in [-0.2, -0.15) is 0 Å².